The largest absolute Gasteiger partial charge is 0.394 e. The number of nitrogens with one attached hydrogen (secondary N) is 1. The molecule has 58 valence electrons. The van der Waals surface area contributed by atoms with Crippen LogP contribution in [0.2, 0.25) is 0 Å². The predicted molar refractivity (Wildman–Crippen MR) is 35.9 cm³/mol. The van der Waals surface area contributed by atoms with Gasteiger partial charge >= 0.3 is 0 Å². The Morgan fingerprint density at radius 2 is 2.50 bits per heavy atom. The van der Waals surface area contributed by atoms with Crippen LogP contribution in [0.1, 0.15) is 0 Å². The van der Waals surface area contributed by atoms with Crippen molar-refractivity contribution in [3.8, 4) is 0 Å². The van der Waals surface area contributed by atoms with Crippen LogP contribution in [0.4, 0.5) is 0 Å². The first-order valence-electron chi connectivity index (χ1n) is 3.35. The van der Waals surface area contributed by atoms with Crippen LogP contribution in [0.5, 0.6) is 0 Å². The number of hydrogen-bond donors (Lipinski definition) is 3. The summed E-state index contributed by atoms with van der Waals surface area (Å²) in [4.78, 5) is 1.82. The third kappa shape index (κ3) is 2.22. The van der Waals surface area contributed by atoms with Gasteiger partial charge in [-0.2, -0.15) is 0 Å². The van der Waals surface area contributed by atoms with Gasteiger partial charge in [0.2, 0.25) is 0 Å². The average Bonchev–Trinajstić information content (AvgIpc) is 2.40. The van der Waals surface area contributed by atoms with Crippen molar-refractivity contribution in [3.63, 3.8) is 0 Å². The molecule has 4 nitrogen and oxygen atoms in total. The fraction of sp³-hybridized carbons (Fsp3) is 0.833. The summed E-state index contributed by atoms with van der Waals surface area (Å²) in [7, 11) is 0. The zero-order valence-electron chi connectivity index (χ0n) is 5.75. The summed E-state index contributed by atoms with van der Waals surface area (Å²) in [6, 6.07) is 0. The molecule has 0 aromatic carbocycles. The van der Waals surface area contributed by atoms with Crippen molar-refractivity contribution in [2.45, 2.75) is 6.10 Å². The van der Waals surface area contributed by atoms with E-state index in [0.717, 1.165) is 13.1 Å². The van der Waals surface area contributed by atoms with E-state index < -0.39 is 6.10 Å². The summed E-state index contributed by atoms with van der Waals surface area (Å²) in [5.74, 6) is 0. The molecular formula is C6H12N2O2. The van der Waals surface area contributed by atoms with Gasteiger partial charge in [-0.05, 0) is 0 Å². The summed E-state index contributed by atoms with van der Waals surface area (Å²) in [6.07, 6.45) is -0.646. The molecule has 4 heteroatoms. The Morgan fingerprint density at radius 1 is 1.70 bits per heavy atom. The highest BCUT2D eigenvalue weighted by atomic mass is 16.3. The second kappa shape index (κ2) is 3.88. The minimum Gasteiger partial charge on any atom is -0.394 e. The maximum Gasteiger partial charge on any atom is 0.143 e. The van der Waals surface area contributed by atoms with E-state index in [1.807, 2.05) is 4.90 Å². The van der Waals surface area contributed by atoms with Crippen molar-refractivity contribution in [1.82, 2.24) is 10.2 Å². The molecule has 0 spiro atoms. The van der Waals surface area contributed by atoms with Crippen molar-refractivity contribution in [3.05, 3.63) is 6.67 Å². The first kappa shape index (κ1) is 7.94. The molecule has 1 saturated heterocycles. The third-order valence-electron chi connectivity index (χ3n) is 1.39. The van der Waals surface area contributed by atoms with Crippen molar-refractivity contribution >= 4 is 0 Å². The average molecular weight is 144 g/mol. The Balaban J connectivity index is 2.11. The molecule has 0 aromatic rings. The lowest BCUT2D eigenvalue weighted by atomic mass is 10.3. The standard InChI is InChI=1S/C6H12N2O2/c9-4-6(10)3-8-2-1-7-5-8/h6-7,9-10H,1-4H2. The van der Waals surface area contributed by atoms with Crippen LogP contribution in [0, 0.1) is 6.67 Å². The number of β-amino-alcohol motifs (C(OH)–C–C–N with tert-alkyl or cyclic N) is 1. The third-order valence-corrected chi connectivity index (χ3v) is 1.39. The highest BCUT2D eigenvalue weighted by Gasteiger charge is 2.15. The van der Waals surface area contributed by atoms with Gasteiger partial charge in [-0.15, -0.1) is 0 Å². The van der Waals surface area contributed by atoms with E-state index in [9.17, 15) is 0 Å². The molecule has 1 atom stereocenters. The quantitative estimate of drug-likeness (QED) is 0.439. The van der Waals surface area contributed by atoms with E-state index in [0.29, 0.717) is 6.54 Å². The van der Waals surface area contributed by atoms with Crippen molar-refractivity contribution in [1.29, 1.82) is 0 Å². The van der Waals surface area contributed by atoms with Crippen LogP contribution in [-0.4, -0.2) is 47.5 Å². The molecule has 1 aliphatic rings. The first-order chi connectivity index (χ1) is 4.83. The maximum absolute atomic E-state index is 8.96. The van der Waals surface area contributed by atoms with Gasteiger partial charge in [0.25, 0.3) is 0 Å². The molecule has 10 heavy (non-hydrogen) atoms. The summed E-state index contributed by atoms with van der Waals surface area (Å²) in [6.45, 7) is 4.84. The Hall–Kier alpha value is -0.160. The molecule has 1 aliphatic heterocycles. The van der Waals surface area contributed by atoms with E-state index in [1.54, 1.807) is 0 Å². The van der Waals surface area contributed by atoms with Gasteiger partial charge in [0.1, 0.15) is 6.67 Å². The van der Waals surface area contributed by atoms with E-state index in [4.69, 9.17) is 10.2 Å². The van der Waals surface area contributed by atoms with Crippen LogP contribution in [-0.2, 0) is 0 Å². The molecular weight excluding hydrogens is 132 g/mol. The number of rotatable bonds is 3. The summed E-state index contributed by atoms with van der Waals surface area (Å²) < 4.78 is 0. The zero-order chi connectivity index (χ0) is 7.40. The van der Waals surface area contributed by atoms with E-state index in [2.05, 4.69) is 12.0 Å². The number of hydrogen-bond acceptors (Lipinski definition) is 4. The summed E-state index contributed by atoms with van der Waals surface area (Å²) >= 11 is 0. The van der Waals surface area contributed by atoms with Gasteiger partial charge in [0, 0.05) is 19.6 Å². The summed E-state index contributed by atoms with van der Waals surface area (Å²) in [5.41, 5.74) is 0. The monoisotopic (exact) mass is 144 g/mol. The molecule has 0 aliphatic carbocycles. The molecule has 1 rings (SSSR count). The molecule has 0 amide bonds. The SMILES string of the molecule is OCC(O)CN1[C]NCC1. The van der Waals surface area contributed by atoms with Gasteiger partial charge in [-0.25, -0.2) is 0 Å². The second-order valence-electron chi connectivity index (χ2n) is 2.32. The van der Waals surface area contributed by atoms with Crippen molar-refractivity contribution in [2.24, 2.45) is 0 Å². The molecule has 2 radical (unpaired) electrons. The first-order valence-corrected chi connectivity index (χ1v) is 3.35. The summed E-state index contributed by atoms with van der Waals surface area (Å²) in [5, 5.41) is 20.3. The lowest BCUT2D eigenvalue weighted by Crippen LogP contribution is -2.30. The fourth-order valence-corrected chi connectivity index (χ4v) is 0.864. The molecule has 3 N–H and O–H groups in total. The Labute approximate surface area is 60.5 Å². The van der Waals surface area contributed by atoms with Crippen LogP contribution in [0.3, 0.4) is 0 Å². The van der Waals surface area contributed by atoms with Crippen LogP contribution in [0.15, 0.2) is 0 Å². The van der Waals surface area contributed by atoms with Crippen LogP contribution < -0.4 is 5.32 Å². The normalized spacial score (nSPS) is 23.4. The molecule has 0 saturated carbocycles. The predicted octanol–water partition coefficient (Wildman–Crippen LogP) is -1.76. The smallest absolute Gasteiger partial charge is 0.143 e. The number of aliphatic hydroxyl groups excluding tert-OH is 2. The fourth-order valence-electron chi connectivity index (χ4n) is 0.864. The lowest BCUT2D eigenvalue weighted by Gasteiger charge is -2.15. The van der Waals surface area contributed by atoms with Gasteiger partial charge in [-0.1, -0.05) is 0 Å². The number of aliphatic hydroxyl groups is 2. The Morgan fingerprint density at radius 3 is 3.00 bits per heavy atom. The van der Waals surface area contributed by atoms with Gasteiger partial charge in [0.05, 0.1) is 12.7 Å². The lowest BCUT2D eigenvalue weighted by molar-refractivity contribution is 0.0714. The topological polar surface area (TPSA) is 55.7 Å². The van der Waals surface area contributed by atoms with E-state index in [1.165, 1.54) is 0 Å². The van der Waals surface area contributed by atoms with Gasteiger partial charge in [-0.3, -0.25) is 10.2 Å². The molecule has 0 bridgehead atoms. The second-order valence-corrected chi connectivity index (χ2v) is 2.32. The molecule has 1 fully saturated rings. The van der Waals surface area contributed by atoms with Crippen molar-refractivity contribution < 1.29 is 10.2 Å². The van der Waals surface area contributed by atoms with Gasteiger partial charge < -0.3 is 10.2 Å². The minimum atomic E-state index is -0.646. The molecule has 1 unspecified atom stereocenters. The highest BCUT2D eigenvalue weighted by Crippen LogP contribution is 1.97. The zero-order valence-corrected chi connectivity index (χ0v) is 5.75. The van der Waals surface area contributed by atoms with Crippen LogP contribution in [0.25, 0.3) is 0 Å². The molecule has 0 aromatic heterocycles. The number of nitrogens with zero attached hydrogens (tertiary/aromatic N) is 1. The molecule has 1 heterocycles. The van der Waals surface area contributed by atoms with E-state index >= 15 is 0 Å². The van der Waals surface area contributed by atoms with E-state index in [-0.39, 0.29) is 6.61 Å². The van der Waals surface area contributed by atoms with Crippen molar-refractivity contribution in [2.75, 3.05) is 26.2 Å². The van der Waals surface area contributed by atoms with Gasteiger partial charge in [0.15, 0.2) is 0 Å². The Bertz CT molecular complexity index is 93.7. The van der Waals surface area contributed by atoms with Crippen LogP contribution >= 0.6 is 0 Å². The maximum atomic E-state index is 8.96. The minimum absolute atomic E-state index is 0.182. The Kier molecular flexibility index (Phi) is 3.08. The highest BCUT2D eigenvalue weighted by molar-refractivity contribution is 4.77.